The molecule has 3 heteroatoms. The molecule has 2 aromatic rings. The van der Waals surface area contributed by atoms with Crippen LogP contribution in [0, 0.1) is 5.82 Å². The van der Waals surface area contributed by atoms with Crippen LogP contribution in [0.2, 0.25) is 0 Å². The van der Waals surface area contributed by atoms with Crippen LogP contribution in [0.3, 0.4) is 0 Å². The van der Waals surface area contributed by atoms with E-state index in [4.69, 9.17) is 4.42 Å². The summed E-state index contributed by atoms with van der Waals surface area (Å²) in [6.45, 7) is 5.00. The normalized spacial score (nSPS) is 12.6. The second kappa shape index (κ2) is 5.15. The Kier molecular flexibility index (Phi) is 3.59. The van der Waals surface area contributed by atoms with Crippen LogP contribution in [0.5, 0.6) is 0 Å². The molecule has 0 radical (unpaired) electrons. The summed E-state index contributed by atoms with van der Waals surface area (Å²) in [6, 6.07) is 6.90. The smallest absolute Gasteiger partial charge is 0.123 e. The molecule has 1 atom stereocenters. The summed E-state index contributed by atoms with van der Waals surface area (Å²) in [5.41, 5.74) is 2.87. The van der Waals surface area contributed by atoms with E-state index in [-0.39, 0.29) is 11.9 Å². The molecule has 1 unspecified atom stereocenters. The van der Waals surface area contributed by atoms with Crippen molar-refractivity contribution >= 4 is 0 Å². The molecule has 1 heterocycles. The highest BCUT2D eigenvalue weighted by molar-refractivity contribution is 5.67. The highest BCUT2D eigenvalue weighted by Crippen LogP contribution is 2.29. The molecular formula is C14H16FNO. The van der Waals surface area contributed by atoms with Crippen molar-refractivity contribution in [1.29, 1.82) is 0 Å². The van der Waals surface area contributed by atoms with E-state index in [0.717, 1.165) is 23.2 Å². The molecule has 1 aromatic heterocycles. The number of halogens is 1. The maximum atomic E-state index is 13.3. The first-order valence-corrected chi connectivity index (χ1v) is 5.77. The van der Waals surface area contributed by atoms with Crippen molar-refractivity contribution < 1.29 is 8.81 Å². The highest BCUT2D eigenvalue weighted by atomic mass is 19.1. The van der Waals surface area contributed by atoms with Gasteiger partial charge in [0.25, 0.3) is 0 Å². The van der Waals surface area contributed by atoms with E-state index in [1.54, 1.807) is 18.6 Å². The summed E-state index contributed by atoms with van der Waals surface area (Å²) in [6.07, 6.45) is 3.23. The Morgan fingerprint density at radius 2 is 2.18 bits per heavy atom. The van der Waals surface area contributed by atoms with Crippen molar-refractivity contribution in [2.45, 2.75) is 19.9 Å². The lowest BCUT2D eigenvalue weighted by Crippen LogP contribution is -2.18. The van der Waals surface area contributed by atoms with Crippen LogP contribution in [0.25, 0.3) is 11.1 Å². The predicted octanol–water partition coefficient (Wildman–Crippen LogP) is 3.76. The Hall–Kier alpha value is -1.61. The molecule has 17 heavy (non-hydrogen) atoms. The van der Waals surface area contributed by atoms with E-state index < -0.39 is 0 Å². The summed E-state index contributed by atoms with van der Waals surface area (Å²) >= 11 is 0. The molecule has 0 aliphatic rings. The van der Waals surface area contributed by atoms with Gasteiger partial charge in [-0.1, -0.05) is 13.0 Å². The zero-order valence-electron chi connectivity index (χ0n) is 10.0. The fraction of sp³-hybridized carbons (Fsp3) is 0.286. The number of rotatable bonds is 4. The molecule has 0 spiro atoms. The molecule has 0 bridgehead atoms. The van der Waals surface area contributed by atoms with E-state index in [1.165, 1.54) is 6.07 Å². The van der Waals surface area contributed by atoms with E-state index >= 15 is 0 Å². The summed E-state index contributed by atoms with van der Waals surface area (Å²) in [5.74, 6) is -0.228. The van der Waals surface area contributed by atoms with E-state index in [9.17, 15) is 4.39 Å². The van der Waals surface area contributed by atoms with E-state index in [2.05, 4.69) is 19.2 Å². The maximum Gasteiger partial charge on any atom is 0.123 e. The largest absolute Gasteiger partial charge is 0.472 e. The first kappa shape index (κ1) is 11.9. The number of nitrogens with one attached hydrogen (secondary N) is 1. The van der Waals surface area contributed by atoms with E-state index in [0.29, 0.717) is 0 Å². The van der Waals surface area contributed by atoms with Crippen molar-refractivity contribution in [2.75, 3.05) is 6.54 Å². The Morgan fingerprint density at radius 1 is 1.35 bits per heavy atom. The fourth-order valence-corrected chi connectivity index (χ4v) is 1.99. The Bertz CT molecular complexity index is 479. The van der Waals surface area contributed by atoms with Gasteiger partial charge in [0, 0.05) is 11.6 Å². The third kappa shape index (κ3) is 2.56. The van der Waals surface area contributed by atoms with Crippen LogP contribution < -0.4 is 5.32 Å². The number of furan rings is 1. The molecule has 0 saturated heterocycles. The third-order valence-corrected chi connectivity index (χ3v) is 2.82. The van der Waals surface area contributed by atoms with Gasteiger partial charge in [-0.25, -0.2) is 4.39 Å². The zero-order valence-corrected chi connectivity index (χ0v) is 10.0. The minimum atomic E-state index is -0.228. The van der Waals surface area contributed by atoms with Gasteiger partial charge in [0.15, 0.2) is 0 Å². The van der Waals surface area contributed by atoms with Gasteiger partial charge in [-0.15, -0.1) is 0 Å². The molecular weight excluding hydrogens is 217 g/mol. The Balaban J connectivity index is 2.45. The molecule has 2 nitrogen and oxygen atoms in total. The van der Waals surface area contributed by atoms with Crippen molar-refractivity contribution in [3.05, 3.63) is 48.2 Å². The Morgan fingerprint density at radius 3 is 2.82 bits per heavy atom. The lowest BCUT2D eigenvalue weighted by molar-refractivity contribution is 0.567. The molecule has 1 N–H and O–H groups in total. The van der Waals surface area contributed by atoms with Crippen LogP contribution in [0.4, 0.5) is 4.39 Å². The number of hydrogen-bond donors (Lipinski definition) is 1. The van der Waals surface area contributed by atoms with Gasteiger partial charge < -0.3 is 9.73 Å². The van der Waals surface area contributed by atoms with Gasteiger partial charge in [0.1, 0.15) is 5.82 Å². The maximum absolute atomic E-state index is 13.3. The monoisotopic (exact) mass is 233 g/mol. The molecule has 0 aliphatic heterocycles. The third-order valence-electron chi connectivity index (χ3n) is 2.82. The molecule has 90 valence electrons. The van der Waals surface area contributed by atoms with Gasteiger partial charge in [-0.05, 0) is 42.8 Å². The van der Waals surface area contributed by atoms with Gasteiger partial charge in [0.05, 0.1) is 12.5 Å². The second-order valence-electron chi connectivity index (χ2n) is 4.02. The Labute approximate surface area is 100 Å². The topological polar surface area (TPSA) is 25.2 Å². The molecule has 0 aliphatic carbocycles. The van der Waals surface area contributed by atoms with Crippen LogP contribution in [0.15, 0.2) is 41.2 Å². The summed E-state index contributed by atoms with van der Waals surface area (Å²) in [7, 11) is 0. The van der Waals surface area contributed by atoms with Gasteiger partial charge >= 0.3 is 0 Å². The second-order valence-corrected chi connectivity index (χ2v) is 4.02. The standard InChI is InChI=1S/C14H16FNO/c1-3-16-10(2)13-5-4-12(15)8-14(13)11-6-7-17-9-11/h4-10,16H,3H2,1-2H3. The van der Waals surface area contributed by atoms with Crippen molar-refractivity contribution in [2.24, 2.45) is 0 Å². The van der Waals surface area contributed by atoms with Crippen LogP contribution in [-0.2, 0) is 0 Å². The molecule has 2 rings (SSSR count). The highest BCUT2D eigenvalue weighted by Gasteiger charge is 2.12. The first-order valence-electron chi connectivity index (χ1n) is 5.77. The molecule has 1 aromatic carbocycles. The summed E-state index contributed by atoms with van der Waals surface area (Å²) < 4.78 is 18.4. The average molecular weight is 233 g/mol. The van der Waals surface area contributed by atoms with Gasteiger partial charge in [0.2, 0.25) is 0 Å². The van der Waals surface area contributed by atoms with Crippen LogP contribution in [0.1, 0.15) is 25.5 Å². The number of hydrogen-bond acceptors (Lipinski definition) is 2. The fourth-order valence-electron chi connectivity index (χ4n) is 1.99. The minimum Gasteiger partial charge on any atom is -0.472 e. The van der Waals surface area contributed by atoms with Crippen molar-refractivity contribution in [1.82, 2.24) is 5.32 Å². The van der Waals surface area contributed by atoms with E-state index in [1.807, 2.05) is 12.1 Å². The van der Waals surface area contributed by atoms with Gasteiger partial charge in [-0.2, -0.15) is 0 Å². The minimum absolute atomic E-state index is 0.186. The molecule has 0 amide bonds. The SMILES string of the molecule is CCNC(C)c1ccc(F)cc1-c1ccoc1. The van der Waals surface area contributed by atoms with Crippen LogP contribution >= 0.6 is 0 Å². The van der Waals surface area contributed by atoms with Crippen LogP contribution in [-0.4, -0.2) is 6.54 Å². The predicted molar refractivity (Wildman–Crippen MR) is 66.2 cm³/mol. The summed E-state index contributed by atoms with van der Waals surface area (Å²) in [5, 5.41) is 3.33. The van der Waals surface area contributed by atoms with Crippen molar-refractivity contribution in [3.63, 3.8) is 0 Å². The molecule has 0 fully saturated rings. The quantitative estimate of drug-likeness (QED) is 0.869. The number of benzene rings is 1. The lowest BCUT2D eigenvalue weighted by Gasteiger charge is -2.16. The van der Waals surface area contributed by atoms with Gasteiger partial charge in [-0.3, -0.25) is 0 Å². The lowest BCUT2D eigenvalue weighted by atomic mass is 9.97. The van der Waals surface area contributed by atoms with Crippen molar-refractivity contribution in [3.8, 4) is 11.1 Å². The average Bonchev–Trinajstić information content (AvgIpc) is 2.82. The molecule has 0 saturated carbocycles. The summed E-state index contributed by atoms with van der Waals surface area (Å²) in [4.78, 5) is 0. The first-order chi connectivity index (χ1) is 8.22. The zero-order chi connectivity index (χ0) is 12.3.